The van der Waals surface area contributed by atoms with Gasteiger partial charge in [-0.1, -0.05) is 48.5 Å². The summed E-state index contributed by atoms with van der Waals surface area (Å²) in [4.78, 5) is 41.6. The summed E-state index contributed by atoms with van der Waals surface area (Å²) in [6.07, 6.45) is -0.285. The number of amides is 2. The van der Waals surface area contributed by atoms with Crippen LogP contribution in [0.2, 0.25) is 0 Å². The SMILES string of the molecule is CN(OCC(=O)O)C(=O)C1(NC(=O)OCC2c3ccccc3-c3ccccc32)CCOCC1. The molecule has 9 nitrogen and oxygen atoms in total. The monoisotopic (exact) mass is 454 g/mol. The highest BCUT2D eigenvalue weighted by Gasteiger charge is 2.44. The molecule has 0 radical (unpaired) electrons. The van der Waals surface area contributed by atoms with E-state index in [4.69, 9.17) is 19.4 Å². The van der Waals surface area contributed by atoms with E-state index in [0.29, 0.717) is 0 Å². The molecule has 2 aromatic rings. The first-order chi connectivity index (χ1) is 15.9. The fraction of sp³-hybridized carbons (Fsp3) is 0.375. The molecule has 1 aliphatic heterocycles. The van der Waals surface area contributed by atoms with E-state index in [1.165, 1.54) is 7.05 Å². The van der Waals surface area contributed by atoms with Crippen molar-refractivity contribution in [1.29, 1.82) is 0 Å². The van der Waals surface area contributed by atoms with Crippen LogP contribution in [0.5, 0.6) is 0 Å². The van der Waals surface area contributed by atoms with Crippen molar-refractivity contribution >= 4 is 18.0 Å². The molecule has 1 heterocycles. The third kappa shape index (κ3) is 4.69. The molecule has 2 aliphatic rings. The number of hydroxylamine groups is 2. The number of carboxylic acids is 1. The Morgan fingerprint density at radius 3 is 2.21 bits per heavy atom. The van der Waals surface area contributed by atoms with Crippen LogP contribution in [0.3, 0.4) is 0 Å². The summed E-state index contributed by atoms with van der Waals surface area (Å²) in [5.41, 5.74) is 3.12. The van der Waals surface area contributed by atoms with Crippen LogP contribution in [0.1, 0.15) is 29.9 Å². The van der Waals surface area contributed by atoms with Crippen molar-refractivity contribution in [3.05, 3.63) is 59.7 Å². The van der Waals surface area contributed by atoms with Crippen LogP contribution < -0.4 is 5.32 Å². The van der Waals surface area contributed by atoms with Crippen molar-refractivity contribution in [3.8, 4) is 11.1 Å². The van der Waals surface area contributed by atoms with Gasteiger partial charge in [-0.2, -0.15) is 0 Å². The van der Waals surface area contributed by atoms with E-state index < -0.39 is 30.1 Å². The van der Waals surface area contributed by atoms with Gasteiger partial charge in [-0.15, -0.1) is 0 Å². The summed E-state index contributed by atoms with van der Waals surface area (Å²) in [5, 5.41) is 12.4. The van der Waals surface area contributed by atoms with Gasteiger partial charge in [-0.3, -0.25) is 9.63 Å². The molecule has 0 saturated carbocycles. The Balaban J connectivity index is 1.45. The van der Waals surface area contributed by atoms with Gasteiger partial charge < -0.3 is 19.9 Å². The van der Waals surface area contributed by atoms with Crippen LogP contribution in [0.4, 0.5) is 4.79 Å². The smallest absolute Gasteiger partial charge is 0.408 e. The van der Waals surface area contributed by atoms with Crippen LogP contribution >= 0.6 is 0 Å². The first-order valence-corrected chi connectivity index (χ1v) is 10.7. The number of carboxylic acid groups (broad SMARTS) is 1. The zero-order chi connectivity index (χ0) is 23.4. The quantitative estimate of drug-likeness (QED) is 0.618. The predicted molar refractivity (Wildman–Crippen MR) is 117 cm³/mol. The lowest BCUT2D eigenvalue weighted by Gasteiger charge is -2.38. The molecule has 2 amide bonds. The number of aliphatic carboxylic acids is 1. The Morgan fingerprint density at radius 1 is 1.06 bits per heavy atom. The predicted octanol–water partition coefficient (Wildman–Crippen LogP) is 2.55. The van der Waals surface area contributed by atoms with Gasteiger partial charge in [0.15, 0.2) is 6.61 Å². The maximum atomic E-state index is 13.0. The van der Waals surface area contributed by atoms with Crippen LogP contribution in [0.25, 0.3) is 11.1 Å². The minimum absolute atomic E-state index is 0.105. The van der Waals surface area contributed by atoms with Crippen LogP contribution in [-0.4, -0.2) is 67.2 Å². The molecular weight excluding hydrogens is 428 g/mol. The average Bonchev–Trinajstić information content (AvgIpc) is 3.15. The molecular formula is C24H26N2O7. The summed E-state index contributed by atoms with van der Waals surface area (Å²) in [6, 6.07) is 16.0. The first kappa shape index (κ1) is 22.8. The summed E-state index contributed by atoms with van der Waals surface area (Å²) in [6.45, 7) is -0.0178. The highest BCUT2D eigenvalue weighted by molar-refractivity contribution is 5.89. The van der Waals surface area contributed by atoms with Gasteiger partial charge in [0.25, 0.3) is 5.91 Å². The summed E-state index contributed by atoms with van der Waals surface area (Å²) < 4.78 is 11.0. The van der Waals surface area contributed by atoms with Crippen LogP contribution in [-0.2, 0) is 23.9 Å². The fourth-order valence-electron chi connectivity index (χ4n) is 4.45. The lowest BCUT2D eigenvalue weighted by atomic mass is 9.89. The second kappa shape index (κ2) is 9.60. The van der Waals surface area contributed by atoms with Gasteiger partial charge >= 0.3 is 12.1 Å². The molecule has 1 fully saturated rings. The Kier molecular flexibility index (Phi) is 6.62. The van der Waals surface area contributed by atoms with Crippen molar-refractivity contribution in [3.63, 3.8) is 0 Å². The number of carbonyl (C=O) groups is 3. The van der Waals surface area contributed by atoms with E-state index in [0.717, 1.165) is 27.3 Å². The molecule has 9 heteroatoms. The zero-order valence-corrected chi connectivity index (χ0v) is 18.3. The number of nitrogens with one attached hydrogen (secondary N) is 1. The second-order valence-corrected chi connectivity index (χ2v) is 8.11. The lowest BCUT2D eigenvalue weighted by Crippen LogP contribution is -2.61. The number of hydrogen-bond donors (Lipinski definition) is 2. The first-order valence-electron chi connectivity index (χ1n) is 10.7. The topological polar surface area (TPSA) is 114 Å². The summed E-state index contributed by atoms with van der Waals surface area (Å²) in [7, 11) is 1.32. The zero-order valence-electron chi connectivity index (χ0n) is 18.3. The van der Waals surface area contributed by atoms with E-state index in [9.17, 15) is 14.4 Å². The number of nitrogens with zero attached hydrogens (tertiary/aromatic N) is 1. The number of ether oxygens (including phenoxy) is 2. The molecule has 2 N–H and O–H groups in total. The maximum absolute atomic E-state index is 13.0. The van der Waals surface area contributed by atoms with Crippen LogP contribution in [0, 0.1) is 0 Å². The Morgan fingerprint density at radius 2 is 1.64 bits per heavy atom. The van der Waals surface area contributed by atoms with E-state index in [1.807, 2.05) is 36.4 Å². The fourth-order valence-corrected chi connectivity index (χ4v) is 4.45. The van der Waals surface area contributed by atoms with Crippen molar-refractivity contribution < 1.29 is 33.8 Å². The van der Waals surface area contributed by atoms with E-state index >= 15 is 0 Å². The molecule has 2 aromatic carbocycles. The van der Waals surface area contributed by atoms with E-state index in [-0.39, 0.29) is 38.6 Å². The number of hydrogen-bond acceptors (Lipinski definition) is 6. The van der Waals surface area contributed by atoms with Crippen molar-refractivity contribution in [1.82, 2.24) is 10.4 Å². The van der Waals surface area contributed by atoms with Crippen molar-refractivity contribution in [2.45, 2.75) is 24.3 Å². The van der Waals surface area contributed by atoms with Gasteiger partial charge in [0.05, 0.1) is 0 Å². The Bertz CT molecular complexity index is 1000. The second-order valence-electron chi connectivity index (χ2n) is 8.11. The minimum atomic E-state index is -1.30. The number of alkyl carbamates (subject to hydrolysis) is 1. The highest BCUT2D eigenvalue weighted by atomic mass is 16.7. The normalized spacial score (nSPS) is 16.4. The Hall–Kier alpha value is -3.43. The van der Waals surface area contributed by atoms with Gasteiger partial charge in [-0.05, 0) is 22.3 Å². The third-order valence-electron chi connectivity index (χ3n) is 6.11. The van der Waals surface area contributed by atoms with Crippen molar-refractivity contribution in [2.75, 3.05) is 33.5 Å². The van der Waals surface area contributed by atoms with E-state index in [2.05, 4.69) is 17.4 Å². The molecule has 1 saturated heterocycles. The Labute approximate surface area is 191 Å². The molecule has 0 spiro atoms. The van der Waals surface area contributed by atoms with Crippen LogP contribution in [0.15, 0.2) is 48.5 Å². The molecule has 0 bridgehead atoms. The number of carbonyl (C=O) groups excluding carboxylic acids is 2. The number of fused-ring (bicyclic) bond motifs is 3. The van der Waals surface area contributed by atoms with Gasteiger partial charge in [0.2, 0.25) is 0 Å². The molecule has 0 aromatic heterocycles. The van der Waals surface area contributed by atoms with Gasteiger partial charge in [-0.25, -0.2) is 14.7 Å². The molecule has 0 atom stereocenters. The highest BCUT2D eigenvalue weighted by Crippen LogP contribution is 2.44. The van der Waals surface area contributed by atoms with Gasteiger partial charge in [0.1, 0.15) is 12.1 Å². The third-order valence-corrected chi connectivity index (χ3v) is 6.11. The van der Waals surface area contributed by atoms with Gasteiger partial charge in [0, 0.05) is 39.0 Å². The number of rotatable bonds is 7. The number of likely N-dealkylation sites (N-methyl/N-ethyl adjacent to an activating group) is 1. The summed E-state index contributed by atoms with van der Waals surface area (Å²) in [5.74, 6) is -1.87. The average molecular weight is 454 g/mol. The maximum Gasteiger partial charge on any atom is 0.408 e. The molecule has 1 aliphatic carbocycles. The number of benzene rings is 2. The van der Waals surface area contributed by atoms with Crippen molar-refractivity contribution in [2.24, 2.45) is 0 Å². The molecule has 4 rings (SSSR count). The molecule has 0 unspecified atom stereocenters. The van der Waals surface area contributed by atoms with E-state index in [1.54, 1.807) is 0 Å². The summed E-state index contributed by atoms with van der Waals surface area (Å²) >= 11 is 0. The lowest BCUT2D eigenvalue weighted by molar-refractivity contribution is -0.193. The molecule has 174 valence electrons. The largest absolute Gasteiger partial charge is 0.479 e. The molecule has 33 heavy (non-hydrogen) atoms. The standard InChI is InChI=1S/C24H26N2O7/c1-26(33-15-21(27)28)22(29)24(10-12-31-13-11-24)25-23(30)32-14-20-18-8-4-2-6-16(18)17-7-3-5-9-19(17)20/h2-9,20H,10-15H2,1H3,(H,25,30)(H,27,28). The minimum Gasteiger partial charge on any atom is -0.479 e.